The first-order valence-electron chi connectivity index (χ1n) is 8.22. The molecule has 0 bridgehead atoms. The normalized spacial score (nSPS) is 15.1. The van der Waals surface area contributed by atoms with E-state index in [0.717, 1.165) is 17.7 Å². The number of rotatable bonds is 5. The van der Waals surface area contributed by atoms with Crippen LogP contribution in [0.4, 0.5) is 17.1 Å². The molecule has 0 fully saturated rings. The molecule has 128 valence electrons. The van der Waals surface area contributed by atoms with Gasteiger partial charge >= 0.3 is 0 Å². The van der Waals surface area contributed by atoms with Gasteiger partial charge in [0.1, 0.15) is 5.71 Å². The maximum absolute atomic E-state index is 12.9. The molecule has 1 amide bonds. The Bertz CT molecular complexity index is 858. The van der Waals surface area contributed by atoms with Crippen molar-refractivity contribution in [2.24, 2.45) is 10.9 Å². The SMILES string of the molecule is CC(C)CCN1C(=O)C(=Nc2cccc([N+](=O)[O-])c2)c2ccccc21. The highest BCUT2D eigenvalue weighted by Gasteiger charge is 2.33. The average molecular weight is 337 g/mol. The predicted molar refractivity (Wildman–Crippen MR) is 97.5 cm³/mol. The second-order valence-corrected chi connectivity index (χ2v) is 6.39. The van der Waals surface area contributed by atoms with Gasteiger partial charge in [-0.1, -0.05) is 38.1 Å². The summed E-state index contributed by atoms with van der Waals surface area (Å²) in [5.74, 6) is 0.325. The van der Waals surface area contributed by atoms with Crippen molar-refractivity contribution in [1.82, 2.24) is 0 Å². The van der Waals surface area contributed by atoms with Crippen LogP contribution in [0.15, 0.2) is 53.5 Å². The van der Waals surface area contributed by atoms with E-state index in [2.05, 4.69) is 18.8 Å². The van der Waals surface area contributed by atoms with Crippen LogP contribution in [0.25, 0.3) is 0 Å². The summed E-state index contributed by atoms with van der Waals surface area (Å²) in [7, 11) is 0. The van der Waals surface area contributed by atoms with Crippen molar-refractivity contribution in [3.8, 4) is 0 Å². The highest BCUT2D eigenvalue weighted by atomic mass is 16.6. The zero-order chi connectivity index (χ0) is 18.0. The number of nitrogens with zero attached hydrogens (tertiary/aromatic N) is 3. The Balaban J connectivity index is 2.00. The lowest BCUT2D eigenvalue weighted by atomic mass is 10.1. The second kappa shape index (κ2) is 6.84. The maximum atomic E-state index is 12.9. The van der Waals surface area contributed by atoms with Gasteiger partial charge in [0.25, 0.3) is 11.6 Å². The van der Waals surface area contributed by atoms with E-state index < -0.39 is 4.92 Å². The fraction of sp³-hybridized carbons (Fsp3) is 0.263. The topological polar surface area (TPSA) is 75.8 Å². The molecule has 25 heavy (non-hydrogen) atoms. The van der Waals surface area contributed by atoms with Crippen molar-refractivity contribution in [3.05, 3.63) is 64.2 Å². The third-order valence-electron chi connectivity index (χ3n) is 4.11. The summed E-state index contributed by atoms with van der Waals surface area (Å²) in [4.78, 5) is 29.5. The zero-order valence-corrected chi connectivity index (χ0v) is 14.2. The molecule has 0 saturated heterocycles. The first kappa shape index (κ1) is 16.8. The molecule has 0 N–H and O–H groups in total. The number of hydrogen-bond acceptors (Lipinski definition) is 4. The van der Waals surface area contributed by atoms with Gasteiger partial charge in [0, 0.05) is 24.2 Å². The summed E-state index contributed by atoms with van der Waals surface area (Å²) in [5.41, 5.74) is 2.30. The van der Waals surface area contributed by atoms with Gasteiger partial charge < -0.3 is 4.90 Å². The third-order valence-corrected chi connectivity index (χ3v) is 4.11. The van der Waals surface area contributed by atoms with Crippen LogP contribution in [-0.4, -0.2) is 23.1 Å². The van der Waals surface area contributed by atoms with E-state index in [1.54, 1.807) is 17.0 Å². The summed E-state index contributed by atoms with van der Waals surface area (Å²) >= 11 is 0. The van der Waals surface area contributed by atoms with E-state index in [1.807, 2.05) is 24.3 Å². The molecule has 1 heterocycles. The van der Waals surface area contributed by atoms with Crippen molar-refractivity contribution >= 4 is 28.7 Å². The van der Waals surface area contributed by atoms with Gasteiger partial charge in [-0.05, 0) is 24.5 Å². The third kappa shape index (κ3) is 3.42. The summed E-state index contributed by atoms with van der Waals surface area (Å²) in [6.07, 6.45) is 0.893. The lowest BCUT2D eigenvalue weighted by molar-refractivity contribution is -0.384. The van der Waals surface area contributed by atoms with Crippen molar-refractivity contribution in [2.45, 2.75) is 20.3 Å². The van der Waals surface area contributed by atoms with Crippen LogP contribution in [0.1, 0.15) is 25.8 Å². The number of benzene rings is 2. The van der Waals surface area contributed by atoms with Crippen molar-refractivity contribution in [1.29, 1.82) is 0 Å². The average Bonchev–Trinajstić information content (AvgIpc) is 2.85. The minimum atomic E-state index is -0.469. The number of anilines is 1. The molecule has 2 aromatic rings. The van der Waals surface area contributed by atoms with Crippen LogP contribution < -0.4 is 4.90 Å². The molecule has 0 spiro atoms. The number of fused-ring (bicyclic) bond motifs is 1. The molecule has 1 aliphatic heterocycles. The Labute approximate surface area is 146 Å². The van der Waals surface area contributed by atoms with Gasteiger partial charge in [-0.15, -0.1) is 0 Å². The summed E-state index contributed by atoms with van der Waals surface area (Å²) in [6, 6.07) is 13.5. The Morgan fingerprint density at radius 1 is 1.16 bits per heavy atom. The lowest BCUT2D eigenvalue weighted by Crippen LogP contribution is -2.31. The molecule has 1 aliphatic rings. The molecule has 6 heteroatoms. The Kier molecular flexibility index (Phi) is 4.61. The molecular weight excluding hydrogens is 318 g/mol. The van der Waals surface area contributed by atoms with E-state index in [0.29, 0.717) is 23.9 Å². The number of aliphatic imine (C=N–C) groups is 1. The molecule has 0 atom stereocenters. The lowest BCUT2D eigenvalue weighted by Gasteiger charge is -2.17. The largest absolute Gasteiger partial charge is 0.306 e. The molecule has 0 aromatic heterocycles. The van der Waals surface area contributed by atoms with E-state index in [1.165, 1.54) is 12.1 Å². The van der Waals surface area contributed by atoms with E-state index >= 15 is 0 Å². The monoisotopic (exact) mass is 337 g/mol. The fourth-order valence-electron chi connectivity index (χ4n) is 2.78. The number of para-hydroxylation sites is 1. The molecule has 6 nitrogen and oxygen atoms in total. The molecule has 2 aromatic carbocycles. The quantitative estimate of drug-likeness (QED) is 0.608. The van der Waals surface area contributed by atoms with Gasteiger partial charge in [-0.2, -0.15) is 0 Å². The Morgan fingerprint density at radius 3 is 2.64 bits per heavy atom. The molecule has 0 unspecified atom stereocenters. The van der Waals surface area contributed by atoms with Gasteiger partial charge in [0.2, 0.25) is 0 Å². The van der Waals surface area contributed by atoms with Crippen molar-refractivity contribution < 1.29 is 9.72 Å². The molecule has 0 aliphatic carbocycles. The second-order valence-electron chi connectivity index (χ2n) is 6.39. The number of carbonyl (C=O) groups is 1. The van der Waals surface area contributed by atoms with E-state index in [-0.39, 0.29) is 11.6 Å². The molecule has 3 rings (SSSR count). The van der Waals surface area contributed by atoms with Gasteiger partial charge in [-0.25, -0.2) is 4.99 Å². The molecule has 0 saturated carbocycles. The van der Waals surface area contributed by atoms with Gasteiger partial charge in [-0.3, -0.25) is 14.9 Å². The smallest absolute Gasteiger partial charge is 0.277 e. The van der Waals surface area contributed by atoms with Crippen LogP contribution >= 0.6 is 0 Å². The van der Waals surface area contributed by atoms with Crippen molar-refractivity contribution in [2.75, 3.05) is 11.4 Å². The van der Waals surface area contributed by atoms with Crippen LogP contribution in [0.2, 0.25) is 0 Å². The summed E-state index contributed by atoms with van der Waals surface area (Å²) in [5, 5.41) is 10.9. The number of non-ortho nitro benzene ring substituents is 1. The molecular formula is C19H19N3O3. The van der Waals surface area contributed by atoms with Crippen LogP contribution in [0, 0.1) is 16.0 Å². The predicted octanol–water partition coefficient (Wildman–Crippen LogP) is 4.11. The Morgan fingerprint density at radius 2 is 1.92 bits per heavy atom. The zero-order valence-electron chi connectivity index (χ0n) is 14.2. The summed E-state index contributed by atoms with van der Waals surface area (Å²) in [6.45, 7) is 4.86. The van der Waals surface area contributed by atoms with Crippen LogP contribution in [0.3, 0.4) is 0 Å². The summed E-state index contributed by atoms with van der Waals surface area (Å²) < 4.78 is 0. The van der Waals surface area contributed by atoms with Gasteiger partial charge in [0.05, 0.1) is 16.3 Å². The van der Waals surface area contributed by atoms with E-state index in [4.69, 9.17) is 0 Å². The maximum Gasteiger partial charge on any atom is 0.277 e. The first-order chi connectivity index (χ1) is 12.0. The Hall–Kier alpha value is -3.02. The minimum Gasteiger partial charge on any atom is -0.306 e. The highest BCUT2D eigenvalue weighted by molar-refractivity contribution is 6.54. The van der Waals surface area contributed by atoms with E-state index in [9.17, 15) is 14.9 Å². The van der Waals surface area contributed by atoms with Crippen molar-refractivity contribution in [3.63, 3.8) is 0 Å². The molecule has 0 radical (unpaired) electrons. The fourth-order valence-corrected chi connectivity index (χ4v) is 2.78. The number of amides is 1. The number of hydrogen-bond donors (Lipinski definition) is 0. The van der Waals surface area contributed by atoms with Gasteiger partial charge in [0.15, 0.2) is 0 Å². The van der Waals surface area contributed by atoms with Crippen LogP contribution in [-0.2, 0) is 4.79 Å². The van der Waals surface area contributed by atoms with Crippen LogP contribution in [0.5, 0.6) is 0 Å². The number of carbonyl (C=O) groups excluding carboxylic acids is 1. The minimum absolute atomic E-state index is 0.0442. The number of nitro groups is 1. The first-order valence-corrected chi connectivity index (χ1v) is 8.22. The standard InChI is InChI=1S/C19H19N3O3/c1-13(2)10-11-21-17-9-4-3-8-16(17)18(19(21)23)20-14-6-5-7-15(12-14)22(24)25/h3-9,12-13H,10-11H2,1-2H3. The number of nitro benzene ring substituents is 1. The highest BCUT2D eigenvalue weighted by Crippen LogP contribution is 2.31.